The summed E-state index contributed by atoms with van der Waals surface area (Å²) in [6.45, 7) is 0. The first-order valence-corrected chi connectivity index (χ1v) is 5.45. The molecule has 0 spiro atoms. The Morgan fingerprint density at radius 1 is 1.22 bits per heavy atom. The predicted octanol–water partition coefficient (Wildman–Crippen LogP) is 1.72. The minimum Gasteiger partial charge on any atom is -0.364 e. The highest BCUT2D eigenvalue weighted by Crippen LogP contribution is 2.18. The number of nitrogens with one attached hydrogen (secondary N) is 1. The predicted molar refractivity (Wildman–Crippen MR) is 67.8 cm³/mol. The van der Waals surface area contributed by atoms with Crippen LogP contribution in [0.25, 0.3) is 22.4 Å². The van der Waals surface area contributed by atoms with Crippen molar-refractivity contribution in [3.8, 4) is 11.4 Å². The average Bonchev–Trinajstić information content (AvgIpc) is 2.82. The Balaban J connectivity index is 2.14. The molecule has 0 aliphatic heterocycles. The number of fused-ring (bicyclic) bond motifs is 1. The van der Waals surface area contributed by atoms with Gasteiger partial charge in [0.15, 0.2) is 5.82 Å². The lowest BCUT2D eigenvalue weighted by molar-refractivity contribution is 0.0996. The van der Waals surface area contributed by atoms with E-state index in [1.807, 2.05) is 30.3 Å². The summed E-state index contributed by atoms with van der Waals surface area (Å²) in [6.07, 6.45) is 1.67. The molecule has 2 heterocycles. The lowest BCUT2D eigenvalue weighted by atomic mass is 10.2. The molecule has 5 heteroatoms. The third-order valence-electron chi connectivity index (χ3n) is 2.67. The van der Waals surface area contributed by atoms with E-state index in [1.54, 1.807) is 12.3 Å². The number of hydrogen-bond donors (Lipinski definition) is 2. The Bertz CT molecular complexity index is 718. The van der Waals surface area contributed by atoms with E-state index in [9.17, 15) is 4.79 Å². The highest BCUT2D eigenvalue weighted by molar-refractivity contribution is 5.96. The van der Waals surface area contributed by atoms with Gasteiger partial charge in [-0.2, -0.15) is 0 Å². The van der Waals surface area contributed by atoms with Crippen LogP contribution < -0.4 is 5.73 Å². The van der Waals surface area contributed by atoms with E-state index >= 15 is 0 Å². The number of carbonyl (C=O) groups is 1. The zero-order chi connectivity index (χ0) is 12.5. The molecule has 0 fully saturated rings. The molecule has 1 aromatic carbocycles. The van der Waals surface area contributed by atoms with Crippen LogP contribution in [0.15, 0.2) is 42.6 Å². The number of hydrogen-bond acceptors (Lipinski definition) is 3. The molecule has 5 nitrogen and oxygen atoms in total. The highest BCUT2D eigenvalue weighted by atomic mass is 16.1. The van der Waals surface area contributed by atoms with Gasteiger partial charge in [-0.3, -0.25) is 4.79 Å². The molecule has 0 bridgehead atoms. The summed E-state index contributed by atoms with van der Waals surface area (Å²) in [7, 11) is 0. The van der Waals surface area contributed by atoms with E-state index in [0.29, 0.717) is 17.2 Å². The van der Waals surface area contributed by atoms with Crippen LogP contribution >= 0.6 is 0 Å². The molecule has 0 atom stereocenters. The summed E-state index contributed by atoms with van der Waals surface area (Å²) in [5.74, 6) is 0.107. The number of amides is 1. The molecule has 2 aromatic heterocycles. The van der Waals surface area contributed by atoms with Gasteiger partial charge in [0.05, 0.1) is 0 Å². The van der Waals surface area contributed by atoms with Crippen LogP contribution in [0.2, 0.25) is 0 Å². The molecule has 0 radical (unpaired) electrons. The van der Waals surface area contributed by atoms with Gasteiger partial charge in [0.1, 0.15) is 11.3 Å². The van der Waals surface area contributed by atoms with E-state index in [2.05, 4.69) is 15.0 Å². The van der Waals surface area contributed by atoms with Gasteiger partial charge >= 0.3 is 0 Å². The molecule has 0 unspecified atom stereocenters. The molecule has 18 heavy (non-hydrogen) atoms. The maximum Gasteiger partial charge on any atom is 0.265 e. The van der Waals surface area contributed by atoms with Gasteiger partial charge in [0.2, 0.25) is 0 Å². The van der Waals surface area contributed by atoms with Crippen molar-refractivity contribution in [2.24, 2.45) is 5.73 Å². The van der Waals surface area contributed by atoms with Gasteiger partial charge in [0.25, 0.3) is 5.91 Å². The molecule has 3 rings (SSSR count). The Morgan fingerprint density at radius 3 is 2.72 bits per heavy atom. The smallest absolute Gasteiger partial charge is 0.265 e. The zero-order valence-electron chi connectivity index (χ0n) is 9.42. The fourth-order valence-electron chi connectivity index (χ4n) is 1.78. The summed E-state index contributed by atoms with van der Waals surface area (Å²) < 4.78 is 0. The topological polar surface area (TPSA) is 84.7 Å². The van der Waals surface area contributed by atoms with E-state index in [1.165, 1.54) is 0 Å². The summed E-state index contributed by atoms with van der Waals surface area (Å²) in [4.78, 5) is 22.6. The van der Waals surface area contributed by atoms with Crippen LogP contribution in [0.1, 0.15) is 10.5 Å². The number of nitrogens with zero attached hydrogens (tertiary/aromatic N) is 2. The van der Waals surface area contributed by atoms with Gasteiger partial charge in [-0.25, -0.2) is 9.97 Å². The molecule has 0 saturated heterocycles. The van der Waals surface area contributed by atoms with E-state index < -0.39 is 5.91 Å². The minimum absolute atomic E-state index is 0.338. The first kappa shape index (κ1) is 10.5. The average molecular weight is 238 g/mol. The van der Waals surface area contributed by atoms with Crippen LogP contribution in [0.4, 0.5) is 0 Å². The van der Waals surface area contributed by atoms with Crippen molar-refractivity contribution in [1.82, 2.24) is 15.0 Å². The second kappa shape index (κ2) is 3.96. The van der Waals surface area contributed by atoms with Gasteiger partial charge in [-0.1, -0.05) is 30.3 Å². The molecule has 88 valence electrons. The van der Waals surface area contributed by atoms with Crippen molar-refractivity contribution in [2.75, 3.05) is 0 Å². The highest BCUT2D eigenvalue weighted by Gasteiger charge is 2.08. The quantitative estimate of drug-likeness (QED) is 0.712. The third-order valence-corrected chi connectivity index (χ3v) is 2.67. The van der Waals surface area contributed by atoms with Gasteiger partial charge in [-0.05, 0) is 6.07 Å². The lowest BCUT2D eigenvalue weighted by Gasteiger charge is -1.98. The third kappa shape index (κ3) is 1.71. The summed E-state index contributed by atoms with van der Waals surface area (Å²) in [5, 5.41) is 0.767. The van der Waals surface area contributed by atoms with Crippen molar-refractivity contribution in [3.05, 3.63) is 48.3 Å². The molecule has 3 N–H and O–H groups in total. The Labute approximate surface area is 103 Å². The SMILES string of the molecule is NC(=O)c1cc2cnc(-c3ccccc3)nc2[nH]1. The van der Waals surface area contributed by atoms with Gasteiger partial charge in [0, 0.05) is 17.1 Å². The molecule has 3 aromatic rings. The maximum atomic E-state index is 11.1. The Kier molecular flexibility index (Phi) is 2.30. The van der Waals surface area contributed by atoms with Gasteiger partial charge < -0.3 is 10.7 Å². The summed E-state index contributed by atoms with van der Waals surface area (Å²) >= 11 is 0. The van der Waals surface area contributed by atoms with Crippen LogP contribution in [0.5, 0.6) is 0 Å². The molecule has 0 aliphatic carbocycles. The summed E-state index contributed by atoms with van der Waals surface area (Å²) in [6, 6.07) is 11.3. The fourth-order valence-corrected chi connectivity index (χ4v) is 1.78. The first-order valence-electron chi connectivity index (χ1n) is 5.45. The summed E-state index contributed by atoms with van der Waals surface area (Å²) in [5.41, 5.74) is 7.08. The Hall–Kier alpha value is -2.69. The number of nitrogens with two attached hydrogens (primary N) is 1. The molecular formula is C13H10N4O. The fraction of sp³-hybridized carbons (Fsp3) is 0. The molecule has 0 aliphatic rings. The van der Waals surface area contributed by atoms with Crippen LogP contribution in [0.3, 0.4) is 0 Å². The number of aromatic amines is 1. The molecule has 0 saturated carbocycles. The van der Waals surface area contributed by atoms with Crippen molar-refractivity contribution >= 4 is 16.9 Å². The molecular weight excluding hydrogens is 228 g/mol. The van der Waals surface area contributed by atoms with Crippen LogP contribution in [0, 0.1) is 0 Å². The zero-order valence-corrected chi connectivity index (χ0v) is 9.42. The van der Waals surface area contributed by atoms with Crippen molar-refractivity contribution < 1.29 is 4.79 Å². The number of primary amides is 1. The Morgan fingerprint density at radius 2 is 2.00 bits per heavy atom. The maximum absolute atomic E-state index is 11.1. The first-order chi connectivity index (χ1) is 8.74. The van der Waals surface area contributed by atoms with Crippen molar-refractivity contribution in [1.29, 1.82) is 0 Å². The second-order valence-electron chi connectivity index (χ2n) is 3.91. The van der Waals surface area contributed by atoms with Gasteiger partial charge in [-0.15, -0.1) is 0 Å². The number of carbonyl (C=O) groups excluding carboxylic acids is 1. The van der Waals surface area contributed by atoms with Crippen LogP contribution in [-0.4, -0.2) is 20.9 Å². The molecule has 1 amide bonds. The largest absolute Gasteiger partial charge is 0.364 e. The lowest BCUT2D eigenvalue weighted by Crippen LogP contribution is -2.10. The number of benzene rings is 1. The van der Waals surface area contributed by atoms with Crippen molar-refractivity contribution in [3.63, 3.8) is 0 Å². The number of H-pyrrole nitrogens is 1. The monoisotopic (exact) mass is 238 g/mol. The van der Waals surface area contributed by atoms with E-state index in [4.69, 9.17) is 5.73 Å². The number of aromatic nitrogens is 3. The normalized spacial score (nSPS) is 10.7. The van der Waals surface area contributed by atoms with Crippen molar-refractivity contribution in [2.45, 2.75) is 0 Å². The second-order valence-corrected chi connectivity index (χ2v) is 3.91. The van der Waals surface area contributed by atoms with E-state index in [0.717, 1.165) is 10.9 Å². The number of rotatable bonds is 2. The standard InChI is InChI=1S/C13H10N4O/c14-11(18)10-6-9-7-15-12(17-13(9)16-10)8-4-2-1-3-5-8/h1-7H,(H2,14,18)(H,15,16,17). The van der Waals surface area contributed by atoms with E-state index in [-0.39, 0.29) is 0 Å². The van der Waals surface area contributed by atoms with Crippen LogP contribution in [-0.2, 0) is 0 Å². The minimum atomic E-state index is -0.505.